The van der Waals surface area contributed by atoms with Crippen LogP contribution in [0.4, 0.5) is 10.5 Å². The predicted octanol–water partition coefficient (Wildman–Crippen LogP) is 4.79. The Bertz CT molecular complexity index is 1270. The fraction of sp³-hybridized carbons (Fsp3) is 0.174. The third-order valence-electron chi connectivity index (χ3n) is 5.52. The highest BCUT2D eigenvalue weighted by Gasteiger charge is 2.46. The van der Waals surface area contributed by atoms with E-state index in [-0.39, 0.29) is 5.91 Å². The Morgan fingerprint density at radius 1 is 1.19 bits per heavy atom. The van der Waals surface area contributed by atoms with Crippen molar-refractivity contribution < 1.29 is 14.3 Å². The maximum Gasteiger partial charge on any atom is 0.329 e. The van der Waals surface area contributed by atoms with Crippen LogP contribution in [0.1, 0.15) is 11.1 Å². The van der Waals surface area contributed by atoms with Gasteiger partial charge in [0, 0.05) is 32.5 Å². The van der Waals surface area contributed by atoms with Crippen LogP contribution in [-0.2, 0) is 4.79 Å². The van der Waals surface area contributed by atoms with E-state index in [4.69, 9.17) is 16.3 Å². The van der Waals surface area contributed by atoms with Crippen LogP contribution in [0.15, 0.2) is 54.9 Å². The molecule has 1 N–H and O–H groups in total. The number of urea groups is 1. The monoisotopic (exact) mass is 451 g/mol. The summed E-state index contributed by atoms with van der Waals surface area (Å²) in [5, 5.41) is 4.74. The number of imide groups is 1. The Morgan fingerprint density at radius 2 is 2.03 bits per heavy atom. The number of carbonyl (C=O) groups is 2. The number of fused-ring (bicyclic) bond motifs is 2. The molecule has 8 heteroatoms. The maximum atomic E-state index is 13.5. The summed E-state index contributed by atoms with van der Waals surface area (Å²) in [6.45, 7) is 1.95. The second-order valence-electron chi connectivity index (χ2n) is 7.40. The average Bonchev–Trinajstić information content (AvgIpc) is 3.18. The molecule has 1 aromatic heterocycles. The molecule has 31 heavy (non-hydrogen) atoms. The van der Waals surface area contributed by atoms with Crippen molar-refractivity contribution in [2.24, 2.45) is 0 Å². The number of aromatic nitrogens is 1. The van der Waals surface area contributed by atoms with Crippen LogP contribution in [0.2, 0.25) is 5.02 Å². The number of pyridine rings is 1. The molecule has 156 valence electrons. The molecule has 0 aliphatic carbocycles. The van der Waals surface area contributed by atoms with Crippen molar-refractivity contribution in [3.63, 3.8) is 0 Å². The van der Waals surface area contributed by atoms with Gasteiger partial charge >= 0.3 is 6.03 Å². The van der Waals surface area contributed by atoms with Gasteiger partial charge in [-0.15, -0.1) is 11.8 Å². The molecule has 2 aliphatic heterocycles. The van der Waals surface area contributed by atoms with E-state index >= 15 is 0 Å². The van der Waals surface area contributed by atoms with Crippen LogP contribution in [0, 0.1) is 6.92 Å². The molecule has 6 nitrogen and oxygen atoms in total. The summed E-state index contributed by atoms with van der Waals surface area (Å²) < 4.78 is 5.31. The molecule has 1 saturated heterocycles. The lowest BCUT2D eigenvalue weighted by molar-refractivity contribution is -0.118. The summed E-state index contributed by atoms with van der Waals surface area (Å²) in [6.07, 6.45) is 5.19. The van der Waals surface area contributed by atoms with Gasteiger partial charge in [-0.25, -0.2) is 9.69 Å². The normalized spacial score (nSPS) is 20.5. The van der Waals surface area contributed by atoms with Gasteiger partial charge in [0.1, 0.15) is 11.0 Å². The van der Waals surface area contributed by atoms with Gasteiger partial charge < -0.3 is 10.1 Å². The van der Waals surface area contributed by atoms with E-state index in [0.717, 1.165) is 26.8 Å². The number of ether oxygens (including phenoxy) is 1. The van der Waals surface area contributed by atoms with E-state index in [9.17, 15) is 9.59 Å². The van der Waals surface area contributed by atoms with Crippen LogP contribution < -0.4 is 15.0 Å². The van der Waals surface area contributed by atoms with Crippen molar-refractivity contribution in [3.8, 4) is 5.75 Å². The van der Waals surface area contributed by atoms with E-state index in [0.29, 0.717) is 16.5 Å². The highest BCUT2D eigenvalue weighted by atomic mass is 35.5. The molecule has 5 rings (SSSR count). The molecule has 2 aliphatic rings. The third-order valence-corrected chi connectivity index (χ3v) is 7.21. The summed E-state index contributed by atoms with van der Waals surface area (Å²) >= 11 is 7.80. The standard InChI is InChI=1S/C23H18ClN3O3S/c1-12-4-3-5-13-10-25-11-18(20(12)13)27-22(28)21-17(26-23(27)29)9-19(31-21)15-8-14(30-2)6-7-16(15)24/h3-11,17,21H,1-2H3,(H,26,29). The first kappa shape index (κ1) is 19.9. The van der Waals surface area contributed by atoms with Crippen LogP contribution in [0.3, 0.4) is 0 Å². The van der Waals surface area contributed by atoms with Crippen molar-refractivity contribution in [3.05, 3.63) is 71.0 Å². The summed E-state index contributed by atoms with van der Waals surface area (Å²) in [7, 11) is 1.59. The zero-order valence-electron chi connectivity index (χ0n) is 16.8. The fourth-order valence-electron chi connectivity index (χ4n) is 4.03. The molecule has 3 aromatic rings. The average molecular weight is 452 g/mol. The minimum absolute atomic E-state index is 0.276. The number of amides is 3. The number of methoxy groups -OCH3 is 1. The number of carbonyl (C=O) groups excluding carboxylic acids is 2. The molecule has 0 radical (unpaired) electrons. The Kier molecular flexibility index (Phi) is 4.87. The number of rotatable bonds is 3. The van der Waals surface area contributed by atoms with Crippen molar-refractivity contribution in [1.82, 2.24) is 10.3 Å². The minimum atomic E-state index is -0.491. The van der Waals surface area contributed by atoms with E-state index in [2.05, 4.69) is 10.3 Å². The number of hydrogen-bond acceptors (Lipinski definition) is 5. The quantitative estimate of drug-likeness (QED) is 0.620. The highest BCUT2D eigenvalue weighted by Crippen LogP contribution is 2.45. The first-order valence-corrected chi connectivity index (χ1v) is 10.9. The molecule has 2 unspecified atom stereocenters. The molecule has 0 bridgehead atoms. The molecular formula is C23H18ClN3O3S. The summed E-state index contributed by atoms with van der Waals surface area (Å²) in [6, 6.07) is 10.3. The maximum absolute atomic E-state index is 13.5. The van der Waals surface area contributed by atoms with E-state index in [1.54, 1.807) is 31.6 Å². The van der Waals surface area contributed by atoms with Gasteiger partial charge in [-0.2, -0.15) is 0 Å². The zero-order valence-corrected chi connectivity index (χ0v) is 18.3. The lowest BCUT2D eigenvalue weighted by atomic mass is 10.0. The number of aryl methyl sites for hydroxylation is 1. The number of anilines is 1. The molecule has 2 aromatic carbocycles. The number of thioether (sulfide) groups is 1. The Morgan fingerprint density at radius 3 is 2.84 bits per heavy atom. The second-order valence-corrected chi connectivity index (χ2v) is 8.99. The molecule has 3 heterocycles. The SMILES string of the molecule is COc1ccc(Cl)c(C2=CC3NC(=O)N(c4cncc5cccc(C)c45)C(=O)C3S2)c1. The van der Waals surface area contributed by atoms with Crippen LogP contribution in [-0.4, -0.2) is 35.3 Å². The van der Waals surface area contributed by atoms with Gasteiger partial charge in [0.05, 0.1) is 25.0 Å². The number of hydrogen-bond donors (Lipinski definition) is 1. The van der Waals surface area contributed by atoms with Crippen molar-refractivity contribution in [1.29, 1.82) is 0 Å². The van der Waals surface area contributed by atoms with Gasteiger partial charge in [0.15, 0.2) is 0 Å². The minimum Gasteiger partial charge on any atom is -0.497 e. The first-order valence-electron chi connectivity index (χ1n) is 9.68. The Labute approximate surface area is 188 Å². The molecular weight excluding hydrogens is 434 g/mol. The predicted molar refractivity (Wildman–Crippen MR) is 124 cm³/mol. The largest absolute Gasteiger partial charge is 0.497 e. The Hall–Kier alpha value is -3.03. The summed E-state index contributed by atoms with van der Waals surface area (Å²) in [5.41, 5.74) is 2.24. The number of nitrogens with zero attached hydrogens (tertiary/aromatic N) is 2. The molecule has 2 atom stereocenters. The second kappa shape index (κ2) is 7.59. The van der Waals surface area contributed by atoms with Gasteiger partial charge in [0.25, 0.3) is 5.91 Å². The fourth-order valence-corrected chi connectivity index (χ4v) is 5.60. The van der Waals surface area contributed by atoms with Gasteiger partial charge in [-0.3, -0.25) is 9.78 Å². The number of benzene rings is 2. The van der Waals surface area contributed by atoms with Crippen LogP contribution >= 0.6 is 23.4 Å². The van der Waals surface area contributed by atoms with Crippen molar-refractivity contribution >= 4 is 56.7 Å². The lowest BCUT2D eigenvalue weighted by Crippen LogP contribution is -2.60. The topological polar surface area (TPSA) is 71.5 Å². The van der Waals surface area contributed by atoms with E-state index in [1.165, 1.54) is 16.7 Å². The Balaban J connectivity index is 1.52. The summed E-state index contributed by atoms with van der Waals surface area (Å²) in [4.78, 5) is 32.8. The van der Waals surface area contributed by atoms with Gasteiger partial charge in [-0.1, -0.05) is 29.8 Å². The molecule has 0 spiro atoms. The number of nitrogens with one attached hydrogen (secondary N) is 1. The lowest BCUT2D eigenvalue weighted by Gasteiger charge is -2.33. The first-order chi connectivity index (χ1) is 15.0. The van der Waals surface area contributed by atoms with E-state index < -0.39 is 17.3 Å². The zero-order chi connectivity index (χ0) is 21.7. The number of halogens is 1. The summed E-state index contributed by atoms with van der Waals surface area (Å²) in [5.74, 6) is 0.395. The third kappa shape index (κ3) is 3.25. The van der Waals surface area contributed by atoms with Crippen molar-refractivity contribution in [2.45, 2.75) is 18.2 Å². The van der Waals surface area contributed by atoms with Gasteiger partial charge in [-0.05, 0) is 36.8 Å². The smallest absolute Gasteiger partial charge is 0.329 e. The van der Waals surface area contributed by atoms with Gasteiger partial charge in [0.2, 0.25) is 0 Å². The molecule has 0 saturated carbocycles. The molecule has 1 fully saturated rings. The van der Waals surface area contributed by atoms with Crippen molar-refractivity contribution in [2.75, 3.05) is 12.0 Å². The van der Waals surface area contributed by atoms with Crippen LogP contribution in [0.25, 0.3) is 15.7 Å². The van der Waals surface area contributed by atoms with E-state index in [1.807, 2.05) is 37.3 Å². The molecule has 3 amide bonds. The highest BCUT2D eigenvalue weighted by molar-refractivity contribution is 8.09. The van der Waals surface area contributed by atoms with Crippen LogP contribution in [0.5, 0.6) is 5.75 Å².